The summed E-state index contributed by atoms with van der Waals surface area (Å²) in [7, 11) is 0. The lowest BCUT2D eigenvalue weighted by molar-refractivity contribution is -0.906. The molecule has 4 rings (SSSR count). The summed E-state index contributed by atoms with van der Waals surface area (Å²) in [5, 5.41) is 0.376. The number of morpholine rings is 1. The Morgan fingerprint density at radius 3 is 2.68 bits per heavy atom. The third kappa shape index (κ3) is 4.04. The van der Waals surface area contributed by atoms with E-state index >= 15 is 0 Å². The van der Waals surface area contributed by atoms with E-state index in [0.29, 0.717) is 35.2 Å². The van der Waals surface area contributed by atoms with Gasteiger partial charge in [-0.25, -0.2) is 13.8 Å². The second kappa shape index (κ2) is 8.30. The molecular weight excluding hydrogens is 384 g/mol. The van der Waals surface area contributed by atoms with Gasteiger partial charge in [0.2, 0.25) is 0 Å². The first kappa shape index (κ1) is 18.9. The highest BCUT2D eigenvalue weighted by molar-refractivity contribution is 7.22. The average Bonchev–Trinajstić information content (AvgIpc) is 3.13. The van der Waals surface area contributed by atoms with Gasteiger partial charge in [0.15, 0.2) is 10.9 Å². The fourth-order valence-electron chi connectivity index (χ4n) is 3.26. The Morgan fingerprint density at radius 2 is 1.93 bits per heavy atom. The smallest absolute Gasteiger partial charge is 0.260 e. The van der Waals surface area contributed by atoms with Gasteiger partial charge in [0.05, 0.1) is 31.0 Å². The van der Waals surface area contributed by atoms with Crippen molar-refractivity contribution in [3.63, 3.8) is 0 Å². The van der Waals surface area contributed by atoms with Crippen molar-refractivity contribution < 1.29 is 23.2 Å². The van der Waals surface area contributed by atoms with Crippen LogP contribution in [0, 0.1) is 11.6 Å². The van der Waals surface area contributed by atoms with Gasteiger partial charge in [0.1, 0.15) is 24.4 Å². The van der Waals surface area contributed by atoms with Crippen molar-refractivity contribution in [2.45, 2.75) is 0 Å². The number of rotatable bonds is 5. The quantitative estimate of drug-likeness (QED) is 0.709. The van der Waals surface area contributed by atoms with E-state index in [1.165, 1.54) is 11.0 Å². The van der Waals surface area contributed by atoms with Crippen LogP contribution in [0.5, 0.6) is 0 Å². The minimum Gasteiger partial charge on any atom is -0.370 e. The number of quaternary nitrogens is 1. The molecule has 28 heavy (non-hydrogen) atoms. The highest BCUT2D eigenvalue weighted by atomic mass is 32.1. The zero-order valence-corrected chi connectivity index (χ0v) is 16.0. The number of carbonyl (C=O) groups excluding carboxylic acids is 1. The molecule has 0 saturated carbocycles. The summed E-state index contributed by atoms with van der Waals surface area (Å²) in [6, 6.07) is 11.0. The molecule has 0 unspecified atom stereocenters. The highest BCUT2D eigenvalue weighted by Gasteiger charge is 2.24. The van der Waals surface area contributed by atoms with Crippen LogP contribution in [0.4, 0.5) is 13.9 Å². The first-order chi connectivity index (χ1) is 13.6. The fraction of sp³-hybridized carbons (Fsp3) is 0.300. The van der Waals surface area contributed by atoms with E-state index < -0.39 is 11.6 Å². The van der Waals surface area contributed by atoms with Gasteiger partial charge in [0, 0.05) is 11.6 Å². The standard InChI is InChI=1S/C20H19F2N3O2S/c21-15-12-16(22)18-17(13-15)28-20(23-18)25(7-6-24-8-10-27-11-9-24)19(26)14-4-2-1-3-5-14/h1-5,12-13H,6-11H2/p+1. The molecule has 2 heterocycles. The van der Waals surface area contributed by atoms with Crippen molar-refractivity contribution >= 4 is 32.6 Å². The number of nitrogens with one attached hydrogen (secondary N) is 1. The van der Waals surface area contributed by atoms with Crippen LogP contribution in [0.1, 0.15) is 10.4 Å². The summed E-state index contributed by atoms with van der Waals surface area (Å²) in [6.07, 6.45) is 0. The predicted molar refractivity (Wildman–Crippen MR) is 104 cm³/mol. The summed E-state index contributed by atoms with van der Waals surface area (Å²) in [5.74, 6) is -1.57. The van der Waals surface area contributed by atoms with Gasteiger partial charge < -0.3 is 9.64 Å². The molecule has 1 N–H and O–H groups in total. The molecule has 0 spiro atoms. The molecule has 1 saturated heterocycles. The van der Waals surface area contributed by atoms with Gasteiger partial charge in [-0.15, -0.1) is 0 Å². The van der Waals surface area contributed by atoms with E-state index in [1.807, 2.05) is 6.07 Å². The van der Waals surface area contributed by atoms with E-state index in [2.05, 4.69) is 4.98 Å². The van der Waals surface area contributed by atoms with Crippen molar-refractivity contribution in [3.8, 4) is 0 Å². The Kier molecular flexibility index (Phi) is 5.61. The van der Waals surface area contributed by atoms with Crippen LogP contribution in [0.25, 0.3) is 10.2 Å². The number of carbonyl (C=O) groups is 1. The minimum atomic E-state index is -0.719. The Hall–Kier alpha value is -2.42. The Morgan fingerprint density at radius 1 is 1.18 bits per heavy atom. The highest BCUT2D eigenvalue weighted by Crippen LogP contribution is 2.31. The monoisotopic (exact) mass is 404 g/mol. The van der Waals surface area contributed by atoms with Crippen molar-refractivity contribution in [3.05, 3.63) is 59.7 Å². The van der Waals surface area contributed by atoms with Crippen LogP contribution in [0.3, 0.4) is 0 Å². The number of fused-ring (bicyclic) bond motifs is 1. The summed E-state index contributed by atoms with van der Waals surface area (Å²) in [4.78, 5) is 20.4. The van der Waals surface area contributed by atoms with Gasteiger partial charge in [-0.1, -0.05) is 29.5 Å². The van der Waals surface area contributed by atoms with Crippen LogP contribution >= 0.6 is 11.3 Å². The molecule has 0 aliphatic carbocycles. The summed E-state index contributed by atoms with van der Waals surface area (Å²) in [6.45, 7) is 4.34. The van der Waals surface area contributed by atoms with Gasteiger partial charge in [-0.2, -0.15) is 0 Å². The Bertz CT molecular complexity index is 974. The number of hydrogen-bond donors (Lipinski definition) is 1. The molecule has 5 nitrogen and oxygen atoms in total. The number of thiazole rings is 1. The predicted octanol–water partition coefficient (Wildman–Crippen LogP) is 2.14. The lowest BCUT2D eigenvalue weighted by atomic mass is 10.2. The van der Waals surface area contributed by atoms with Gasteiger partial charge in [-0.3, -0.25) is 9.69 Å². The van der Waals surface area contributed by atoms with Crippen LogP contribution < -0.4 is 9.80 Å². The molecule has 0 atom stereocenters. The second-order valence-corrected chi connectivity index (χ2v) is 7.68. The molecule has 1 fully saturated rings. The molecular formula is C20H20F2N3O2S+. The molecule has 2 aromatic carbocycles. The van der Waals surface area contributed by atoms with Crippen molar-refractivity contribution in [1.82, 2.24) is 4.98 Å². The van der Waals surface area contributed by atoms with Crippen molar-refractivity contribution in [2.24, 2.45) is 0 Å². The van der Waals surface area contributed by atoms with Crippen molar-refractivity contribution in [2.75, 3.05) is 44.3 Å². The number of nitrogens with zero attached hydrogens (tertiary/aromatic N) is 2. The van der Waals surface area contributed by atoms with Crippen molar-refractivity contribution in [1.29, 1.82) is 0 Å². The van der Waals surface area contributed by atoms with E-state index in [4.69, 9.17) is 4.74 Å². The first-order valence-electron chi connectivity index (χ1n) is 9.15. The maximum atomic E-state index is 14.1. The number of ether oxygens (including phenoxy) is 1. The molecule has 1 aliphatic rings. The van der Waals surface area contributed by atoms with Gasteiger partial charge in [-0.05, 0) is 18.2 Å². The maximum Gasteiger partial charge on any atom is 0.260 e. The summed E-state index contributed by atoms with van der Waals surface area (Å²) < 4.78 is 33.4. The minimum absolute atomic E-state index is 0.0889. The van der Waals surface area contributed by atoms with Gasteiger partial charge >= 0.3 is 0 Å². The second-order valence-electron chi connectivity index (χ2n) is 6.67. The topological polar surface area (TPSA) is 46.9 Å². The average molecular weight is 404 g/mol. The summed E-state index contributed by atoms with van der Waals surface area (Å²) >= 11 is 1.12. The molecule has 0 radical (unpaired) electrons. The SMILES string of the molecule is O=C(c1ccccc1)N(CC[NH+]1CCOCC1)c1nc2c(F)cc(F)cc2s1. The lowest BCUT2D eigenvalue weighted by Gasteiger charge is -2.26. The third-order valence-corrected chi connectivity index (χ3v) is 5.81. The first-order valence-corrected chi connectivity index (χ1v) is 9.97. The fourth-order valence-corrected chi connectivity index (χ4v) is 4.29. The van der Waals surface area contributed by atoms with Crippen LogP contribution in [0.2, 0.25) is 0 Å². The van der Waals surface area contributed by atoms with E-state index in [1.54, 1.807) is 29.2 Å². The molecule has 1 amide bonds. The number of aromatic nitrogens is 1. The lowest BCUT2D eigenvalue weighted by Crippen LogP contribution is -3.14. The van der Waals surface area contributed by atoms with Crippen LogP contribution in [-0.4, -0.2) is 50.3 Å². The molecule has 0 bridgehead atoms. The molecule has 1 aromatic heterocycles. The molecule has 8 heteroatoms. The zero-order valence-electron chi connectivity index (χ0n) is 15.2. The molecule has 146 valence electrons. The number of anilines is 1. The van der Waals surface area contributed by atoms with Crippen LogP contribution in [0.15, 0.2) is 42.5 Å². The number of amides is 1. The number of halogens is 2. The molecule has 3 aromatic rings. The maximum absolute atomic E-state index is 14.1. The third-order valence-electron chi connectivity index (χ3n) is 4.79. The van der Waals surface area contributed by atoms with E-state index in [-0.39, 0.29) is 11.4 Å². The largest absolute Gasteiger partial charge is 0.370 e. The van der Waals surface area contributed by atoms with E-state index in [0.717, 1.165) is 37.0 Å². The molecule has 1 aliphatic heterocycles. The van der Waals surface area contributed by atoms with Gasteiger partial charge in [0.25, 0.3) is 5.91 Å². The number of hydrogen-bond acceptors (Lipinski definition) is 4. The Labute approximate surface area is 165 Å². The number of benzene rings is 2. The van der Waals surface area contributed by atoms with Crippen LogP contribution in [-0.2, 0) is 4.74 Å². The summed E-state index contributed by atoms with van der Waals surface area (Å²) in [5.41, 5.74) is 0.622. The zero-order chi connectivity index (χ0) is 19.5. The normalized spacial score (nSPS) is 15.1. The van der Waals surface area contributed by atoms with E-state index in [9.17, 15) is 13.6 Å². The Balaban J connectivity index is 1.65.